The first kappa shape index (κ1) is 20.3. The molecule has 28 heavy (non-hydrogen) atoms. The number of aliphatic hydroxyl groups is 1. The van der Waals surface area contributed by atoms with Crippen LogP contribution in [0.25, 0.3) is 0 Å². The van der Waals surface area contributed by atoms with Gasteiger partial charge in [0.25, 0.3) is 0 Å². The van der Waals surface area contributed by atoms with Crippen LogP contribution in [0.15, 0.2) is 11.6 Å². The minimum atomic E-state index is -4.70. The number of rotatable bonds is 4. The maximum atomic E-state index is 12.7. The molecule has 1 aliphatic heterocycles. The summed E-state index contributed by atoms with van der Waals surface area (Å²) >= 11 is 0. The van der Waals surface area contributed by atoms with Gasteiger partial charge in [0.2, 0.25) is 10.4 Å². The van der Waals surface area contributed by atoms with Crippen molar-refractivity contribution in [3.05, 3.63) is 11.6 Å². The highest BCUT2D eigenvalue weighted by atomic mass is 32.3. The Hall–Kier alpha value is -0.960. The van der Waals surface area contributed by atoms with E-state index in [0.717, 1.165) is 24.8 Å². The van der Waals surface area contributed by atoms with E-state index in [2.05, 4.69) is 11.1 Å². The summed E-state index contributed by atoms with van der Waals surface area (Å²) in [5, 5.41) is 11.9. The Morgan fingerprint density at radius 1 is 1.25 bits per heavy atom. The van der Waals surface area contributed by atoms with E-state index in [9.17, 15) is 22.9 Å². The summed E-state index contributed by atoms with van der Waals surface area (Å²) < 4.78 is 42.3. The maximum Gasteiger partial charge on any atom is 0.312 e. The molecule has 3 aliphatic carbocycles. The Morgan fingerprint density at radius 3 is 2.64 bits per heavy atom. The normalized spacial score (nSPS) is 47.8. The van der Waals surface area contributed by atoms with Gasteiger partial charge in [0.15, 0.2) is 0 Å². The molecule has 6 unspecified atom stereocenters. The van der Waals surface area contributed by atoms with Crippen LogP contribution < -0.4 is 0 Å². The lowest BCUT2D eigenvalue weighted by Crippen LogP contribution is -2.63. The van der Waals surface area contributed by atoms with E-state index in [4.69, 9.17) is 4.74 Å². The van der Waals surface area contributed by atoms with E-state index >= 15 is 0 Å². The third-order valence-corrected chi connectivity index (χ3v) is 8.74. The number of hydrogen-bond donors (Lipinski definition) is 1. The topological polar surface area (TPSA) is 113 Å². The molecular formula is C20H29O7S-. The minimum absolute atomic E-state index is 0.0340. The first-order valence-electron chi connectivity index (χ1n) is 10.1. The fourth-order valence-corrected chi connectivity index (χ4v) is 6.99. The number of ether oxygens (including phenoxy) is 1. The van der Waals surface area contributed by atoms with Crippen LogP contribution in [0.5, 0.6) is 0 Å². The molecule has 0 aromatic rings. The molecule has 0 amide bonds. The lowest BCUT2D eigenvalue weighted by molar-refractivity contribution is -0.163. The van der Waals surface area contributed by atoms with Crippen molar-refractivity contribution in [1.82, 2.24) is 0 Å². The lowest BCUT2D eigenvalue weighted by Gasteiger charge is -2.61. The number of carbonyl (C=O) groups excluding carboxylic acids is 1. The fraction of sp³-hybridized carbons (Fsp3) is 0.850. The first-order valence-corrected chi connectivity index (χ1v) is 11.4. The average molecular weight is 414 g/mol. The van der Waals surface area contributed by atoms with Gasteiger partial charge in [-0.15, -0.1) is 0 Å². The molecule has 3 fully saturated rings. The van der Waals surface area contributed by atoms with Crippen LogP contribution in [0.4, 0.5) is 0 Å². The fourth-order valence-electron chi connectivity index (χ4n) is 6.70. The third kappa shape index (κ3) is 2.79. The van der Waals surface area contributed by atoms with Gasteiger partial charge in [0, 0.05) is 11.3 Å². The van der Waals surface area contributed by atoms with E-state index in [0.29, 0.717) is 25.7 Å². The number of hydrogen-bond acceptors (Lipinski definition) is 7. The van der Waals surface area contributed by atoms with Gasteiger partial charge in [-0.3, -0.25) is 8.98 Å². The van der Waals surface area contributed by atoms with E-state index < -0.39 is 26.8 Å². The monoisotopic (exact) mass is 413 g/mol. The maximum absolute atomic E-state index is 12.7. The smallest absolute Gasteiger partial charge is 0.312 e. The predicted octanol–water partition coefficient (Wildman–Crippen LogP) is 2.45. The quantitative estimate of drug-likeness (QED) is 0.326. The van der Waals surface area contributed by atoms with Crippen LogP contribution in [0.1, 0.15) is 65.7 Å². The zero-order valence-corrected chi connectivity index (χ0v) is 17.5. The molecule has 2 saturated carbocycles. The molecule has 6 atom stereocenters. The minimum Gasteiger partial charge on any atom is -0.726 e. The summed E-state index contributed by atoms with van der Waals surface area (Å²) in [6, 6.07) is 0. The van der Waals surface area contributed by atoms with E-state index in [-0.39, 0.29) is 30.0 Å². The molecule has 1 N–H and O–H groups in total. The highest BCUT2D eigenvalue weighted by Crippen LogP contribution is 2.68. The van der Waals surface area contributed by atoms with Gasteiger partial charge in [-0.2, -0.15) is 0 Å². The second kappa shape index (κ2) is 6.03. The number of esters is 1. The highest BCUT2D eigenvalue weighted by molar-refractivity contribution is 7.80. The molecule has 0 spiro atoms. The Morgan fingerprint density at radius 2 is 1.96 bits per heavy atom. The number of carbonyl (C=O) groups is 1. The van der Waals surface area contributed by atoms with Crippen LogP contribution in [-0.4, -0.2) is 42.4 Å². The standard InChI is InChI=1S/C20H30O7S/c1-17(9-10-26-28(23,24)25)7-8-20(22)13(12-17)11-14-15-18(2,16(21)27-14)5-4-6-19(15,20)3/h11,14-15,22H,4-10,12H2,1-3H3,(H,23,24,25)/p-1. The zero-order valence-electron chi connectivity index (χ0n) is 16.7. The van der Waals surface area contributed by atoms with Crippen molar-refractivity contribution in [2.45, 2.75) is 77.4 Å². The van der Waals surface area contributed by atoms with Crippen LogP contribution in [0.2, 0.25) is 0 Å². The summed E-state index contributed by atoms with van der Waals surface area (Å²) in [6.07, 6.45) is 6.37. The molecule has 8 heteroatoms. The Labute approximate surface area is 166 Å². The summed E-state index contributed by atoms with van der Waals surface area (Å²) in [6.45, 7) is 5.94. The largest absolute Gasteiger partial charge is 0.726 e. The van der Waals surface area contributed by atoms with Gasteiger partial charge >= 0.3 is 5.97 Å². The van der Waals surface area contributed by atoms with Gasteiger partial charge in [-0.05, 0) is 62.5 Å². The van der Waals surface area contributed by atoms with Gasteiger partial charge in [0.05, 0.1) is 17.6 Å². The van der Waals surface area contributed by atoms with Crippen LogP contribution in [0, 0.1) is 22.2 Å². The third-order valence-electron chi connectivity index (χ3n) is 8.29. The van der Waals surface area contributed by atoms with Crippen molar-refractivity contribution in [2.75, 3.05) is 6.61 Å². The molecule has 0 aromatic carbocycles. The molecule has 7 nitrogen and oxygen atoms in total. The van der Waals surface area contributed by atoms with Crippen molar-refractivity contribution in [3.63, 3.8) is 0 Å². The predicted molar refractivity (Wildman–Crippen MR) is 98.7 cm³/mol. The van der Waals surface area contributed by atoms with E-state index in [1.807, 2.05) is 19.9 Å². The summed E-state index contributed by atoms with van der Waals surface area (Å²) in [4.78, 5) is 12.7. The molecule has 158 valence electrons. The Bertz CT molecular complexity index is 835. The zero-order chi connectivity index (χ0) is 20.6. The van der Waals surface area contributed by atoms with Crippen LogP contribution in [-0.2, 0) is 24.1 Å². The molecule has 1 heterocycles. The summed E-state index contributed by atoms with van der Waals surface area (Å²) in [5.74, 6) is -0.197. The highest BCUT2D eigenvalue weighted by Gasteiger charge is 2.70. The molecule has 4 aliphatic rings. The molecule has 0 bridgehead atoms. The SMILES string of the molecule is CC1(CCOS(=O)(=O)[O-])CCC2(O)C(=CC3OC(=O)C4(C)CCCC2(C)C34)C1. The van der Waals surface area contributed by atoms with Crippen molar-refractivity contribution < 1.29 is 31.8 Å². The molecule has 4 rings (SSSR count). The van der Waals surface area contributed by atoms with Crippen LogP contribution in [0.3, 0.4) is 0 Å². The van der Waals surface area contributed by atoms with E-state index in [1.54, 1.807) is 0 Å². The van der Waals surface area contributed by atoms with Crippen molar-refractivity contribution in [2.24, 2.45) is 22.2 Å². The second-order valence-corrected chi connectivity index (χ2v) is 11.1. The van der Waals surface area contributed by atoms with Crippen molar-refractivity contribution >= 4 is 16.4 Å². The summed E-state index contributed by atoms with van der Waals surface area (Å²) in [5.41, 5.74) is -1.38. The molecular weight excluding hydrogens is 384 g/mol. The molecule has 0 radical (unpaired) electrons. The molecule has 1 saturated heterocycles. The lowest BCUT2D eigenvalue weighted by atomic mass is 9.43. The second-order valence-electron chi connectivity index (χ2n) is 10.1. The van der Waals surface area contributed by atoms with E-state index in [1.165, 1.54) is 0 Å². The Balaban J connectivity index is 1.64. The Kier molecular flexibility index (Phi) is 4.37. The van der Waals surface area contributed by atoms with Crippen LogP contribution >= 0.6 is 0 Å². The van der Waals surface area contributed by atoms with Gasteiger partial charge < -0.3 is 14.4 Å². The first-order chi connectivity index (χ1) is 12.8. The number of fused-ring (bicyclic) bond motifs is 2. The average Bonchev–Trinajstić information content (AvgIpc) is 2.81. The van der Waals surface area contributed by atoms with Crippen molar-refractivity contribution in [3.8, 4) is 0 Å². The van der Waals surface area contributed by atoms with Gasteiger partial charge in [0.1, 0.15) is 6.10 Å². The van der Waals surface area contributed by atoms with Crippen molar-refractivity contribution in [1.29, 1.82) is 0 Å². The van der Waals surface area contributed by atoms with Gasteiger partial charge in [-0.25, -0.2) is 8.42 Å². The molecule has 0 aromatic heterocycles. The summed E-state index contributed by atoms with van der Waals surface area (Å²) in [7, 11) is -4.70. The van der Waals surface area contributed by atoms with Gasteiger partial charge in [-0.1, -0.05) is 20.3 Å².